The van der Waals surface area contributed by atoms with E-state index in [2.05, 4.69) is 51.3 Å². The smallest absolute Gasteiger partial charge is 0.223 e. The molecule has 0 saturated carbocycles. The molecule has 5 nitrogen and oxygen atoms in total. The maximum Gasteiger partial charge on any atom is 0.223 e. The van der Waals surface area contributed by atoms with Crippen molar-refractivity contribution in [1.29, 1.82) is 0 Å². The molecule has 0 spiro atoms. The first-order valence-corrected chi connectivity index (χ1v) is 7.75. The van der Waals surface area contributed by atoms with Crippen molar-refractivity contribution >= 4 is 15.9 Å². The quantitative estimate of drug-likeness (QED) is 0.825. The summed E-state index contributed by atoms with van der Waals surface area (Å²) in [4.78, 5) is 4.13. The van der Waals surface area contributed by atoms with Crippen LogP contribution in [0.3, 0.4) is 0 Å². The van der Waals surface area contributed by atoms with E-state index in [1.165, 1.54) is 0 Å². The van der Waals surface area contributed by atoms with E-state index in [0.717, 1.165) is 28.9 Å². The molecule has 0 saturated heterocycles. The minimum Gasteiger partial charge on any atom is -0.485 e. The van der Waals surface area contributed by atoms with E-state index < -0.39 is 0 Å². The molecule has 0 amide bonds. The van der Waals surface area contributed by atoms with E-state index >= 15 is 0 Å². The Labute approximate surface area is 133 Å². The molecule has 1 heterocycles. The van der Waals surface area contributed by atoms with Gasteiger partial charge in [-0.3, -0.25) is 0 Å². The summed E-state index contributed by atoms with van der Waals surface area (Å²) in [5, 5.41) is 7.25. The van der Waals surface area contributed by atoms with E-state index in [1.807, 2.05) is 12.1 Å². The number of halogens is 1. The highest BCUT2D eigenvalue weighted by atomic mass is 79.9. The predicted octanol–water partition coefficient (Wildman–Crippen LogP) is 3.47. The molecular formula is C15H20BrN3O2. The molecule has 0 aliphatic heterocycles. The van der Waals surface area contributed by atoms with Crippen LogP contribution in [-0.2, 0) is 13.2 Å². The van der Waals surface area contributed by atoms with Crippen LogP contribution in [0, 0.1) is 12.8 Å². The third-order valence-corrected chi connectivity index (χ3v) is 3.31. The fourth-order valence-electron chi connectivity index (χ4n) is 1.86. The van der Waals surface area contributed by atoms with Gasteiger partial charge in [0.2, 0.25) is 11.7 Å². The van der Waals surface area contributed by atoms with E-state index in [1.54, 1.807) is 6.92 Å². The normalized spacial score (nSPS) is 11.1. The highest BCUT2D eigenvalue weighted by Gasteiger charge is 2.08. The molecule has 0 radical (unpaired) electrons. The molecule has 0 bridgehead atoms. The summed E-state index contributed by atoms with van der Waals surface area (Å²) < 4.78 is 11.8. The standard InChI is InChI=1S/C15H20BrN3O2/c1-10(2)7-17-8-12-6-13(16)4-5-14(12)20-9-15-18-11(3)21-19-15/h4-6,10,17H,7-9H2,1-3H3. The highest BCUT2D eigenvalue weighted by Crippen LogP contribution is 2.24. The van der Waals surface area contributed by atoms with Gasteiger partial charge in [-0.15, -0.1) is 0 Å². The number of rotatable bonds is 7. The van der Waals surface area contributed by atoms with E-state index in [9.17, 15) is 0 Å². The van der Waals surface area contributed by atoms with Crippen LogP contribution in [0.15, 0.2) is 27.2 Å². The maximum absolute atomic E-state index is 5.80. The lowest BCUT2D eigenvalue weighted by Gasteiger charge is -2.13. The van der Waals surface area contributed by atoms with Crippen LogP contribution < -0.4 is 10.1 Å². The summed E-state index contributed by atoms with van der Waals surface area (Å²) in [6.45, 7) is 8.16. The Hall–Kier alpha value is -1.40. The number of aryl methyl sites for hydroxylation is 1. The van der Waals surface area contributed by atoms with Crippen LogP contribution >= 0.6 is 15.9 Å². The van der Waals surface area contributed by atoms with Gasteiger partial charge >= 0.3 is 0 Å². The number of ether oxygens (including phenoxy) is 1. The largest absolute Gasteiger partial charge is 0.485 e. The van der Waals surface area contributed by atoms with E-state index in [-0.39, 0.29) is 0 Å². The minimum absolute atomic E-state index is 0.302. The highest BCUT2D eigenvalue weighted by molar-refractivity contribution is 9.10. The molecule has 2 aromatic rings. The summed E-state index contributed by atoms with van der Waals surface area (Å²) in [7, 11) is 0. The van der Waals surface area contributed by atoms with Gasteiger partial charge in [-0.2, -0.15) is 4.98 Å². The van der Waals surface area contributed by atoms with Crippen molar-refractivity contribution in [3.05, 3.63) is 40.0 Å². The van der Waals surface area contributed by atoms with Crippen LogP contribution in [0.25, 0.3) is 0 Å². The van der Waals surface area contributed by atoms with Crippen LogP contribution in [0.2, 0.25) is 0 Å². The van der Waals surface area contributed by atoms with Gasteiger partial charge in [-0.05, 0) is 30.7 Å². The molecule has 114 valence electrons. The summed E-state index contributed by atoms with van der Waals surface area (Å²) in [6.07, 6.45) is 0. The van der Waals surface area contributed by atoms with Gasteiger partial charge in [0.25, 0.3) is 0 Å². The Morgan fingerprint density at radius 1 is 1.38 bits per heavy atom. The second-order valence-electron chi connectivity index (χ2n) is 5.30. The van der Waals surface area contributed by atoms with Crippen molar-refractivity contribution in [2.24, 2.45) is 5.92 Å². The number of aromatic nitrogens is 2. The lowest BCUT2D eigenvalue weighted by Crippen LogP contribution is -2.19. The fourth-order valence-corrected chi connectivity index (χ4v) is 2.27. The van der Waals surface area contributed by atoms with Crippen molar-refractivity contribution < 1.29 is 9.26 Å². The fraction of sp³-hybridized carbons (Fsp3) is 0.467. The second kappa shape index (κ2) is 7.56. The Morgan fingerprint density at radius 2 is 2.19 bits per heavy atom. The van der Waals surface area contributed by atoms with E-state index in [0.29, 0.717) is 24.2 Å². The van der Waals surface area contributed by atoms with Crippen LogP contribution in [0.5, 0.6) is 5.75 Å². The third-order valence-electron chi connectivity index (χ3n) is 2.82. The zero-order chi connectivity index (χ0) is 15.2. The van der Waals surface area contributed by atoms with E-state index in [4.69, 9.17) is 9.26 Å². The van der Waals surface area contributed by atoms with Gasteiger partial charge in [-0.1, -0.05) is 34.9 Å². The van der Waals surface area contributed by atoms with Gasteiger partial charge < -0.3 is 14.6 Å². The molecule has 1 N–H and O–H groups in total. The molecule has 6 heteroatoms. The van der Waals surface area contributed by atoms with Crippen molar-refractivity contribution in [1.82, 2.24) is 15.5 Å². The van der Waals surface area contributed by atoms with Crippen molar-refractivity contribution in [2.75, 3.05) is 6.54 Å². The summed E-state index contributed by atoms with van der Waals surface area (Å²) in [5.41, 5.74) is 1.10. The zero-order valence-corrected chi connectivity index (χ0v) is 14.1. The Kier molecular flexibility index (Phi) is 5.76. The Bertz CT molecular complexity index is 584. The predicted molar refractivity (Wildman–Crippen MR) is 84.1 cm³/mol. The number of nitrogens with one attached hydrogen (secondary N) is 1. The molecule has 0 atom stereocenters. The lowest BCUT2D eigenvalue weighted by atomic mass is 10.2. The van der Waals surface area contributed by atoms with Gasteiger partial charge in [0, 0.05) is 23.5 Å². The van der Waals surface area contributed by atoms with Gasteiger partial charge in [0.05, 0.1) is 0 Å². The summed E-state index contributed by atoms with van der Waals surface area (Å²) in [6, 6.07) is 5.97. The zero-order valence-electron chi connectivity index (χ0n) is 12.5. The maximum atomic E-state index is 5.80. The molecule has 0 unspecified atom stereocenters. The molecule has 1 aromatic carbocycles. The first-order chi connectivity index (χ1) is 10.0. The minimum atomic E-state index is 0.302. The SMILES string of the molecule is Cc1nc(COc2ccc(Br)cc2CNCC(C)C)no1. The van der Waals surface area contributed by atoms with Gasteiger partial charge in [-0.25, -0.2) is 0 Å². The number of nitrogens with zero attached hydrogens (tertiary/aromatic N) is 2. The lowest BCUT2D eigenvalue weighted by molar-refractivity contribution is 0.282. The molecule has 21 heavy (non-hydrogen) atoms. The van der Waals surface area contributed by atoms with Crippen molar-refractivity contribution in [3.63, 3.8) is 0 Å². The molecule has 2 rings (SSSR count). The Balaban J connectivity index is 2.00. The average Bonchev–Trinajstić information content (AvgIpc) is 2.83. The van der Waals surface area contributed by atoms with Crippen LogP contribution in [-0.4, -0.2) is 16.7 Å². The number of benzene rings is 1. The Morgan fingerprint density at radius 3 is 2.86 bits per heavy atom. The molecule has 0 aliphatic rings. The van der Waals surface area contributed by atoms with Gasteiger partial charge in [0.1, 0.15) is 5.75 Å². The molecule has 0 aliphatic carbocycles. The van der Waals surface area contributed by atoms with Gasteiger partial charge in [0.15, 0.2) is 6.61 Å². The number of hydrogen-bond donors (Lipinski definition) is 1. The monoisotopic (exact) mass is 353 g/mol. The first kappa shape index (κ1) is 16.0. The summed E-state index contributed by atoms with van der Waals surface area (Å²) >= 11 is 3.49. The first-order valence-electron chi connectivity index (χ1n) is 6.95. The second-order valence-corrected chi connectivity index (χ2v) is 6.21. The topological polar surface area (TPSA) is 60.2 Å². The van der Waals surface area contributed by atoms with Crippen LogP contribution in [0.1, 0.15) is 31.1 Å². The number of hydrogen-bond acceptors (Lipinski definition) is 5. The van der Waals surface area contributed by atoms with Crippen molar-refractivity contribution in [2.45, 2.75) is 33.9 Å². The average molecular weight is 354 g/mol. The van der Waals surface area contributed by atoms with Crippen molar-refractivity contribution in [3.8, 4) is 5.75 Å². The van der Waals surface area contributed by atoms with Crippen LogP contribution in [0.4, 0.5) is 0 Å². The summed E-state index contributed by atoms with van der Waals surface area (Å²) in [5.74, 6) is 2.54. The molecular weight excluding hydrogens is 334 g/mol. The third kappa shape index (κ3) is 5.13. The molecule has 1 aromatic heterocycles. The molecule has 0 fully saturated rings.